The second-order valence-electron chi connectivity index (χ2n) is 19.7. The van der Waals surface area contributed by atoms with Crippen molar-refractivity contribution in [3.05, 3.63) is 246 Å². The highest BCUT2D eigenvalue weighted by molar-refractivity contribution is 6.09. The molecule has 0 amide bonds. The molecule has 1 aromatic heterocycles. The van der Waals surface area contributed by atoms with Crippen molar-refractivity contribution in [1.82, 2.24) is 0 Å². The SMILES string of the molecule is CC(C)(C)c1cc2c(c(N(c3ccc(-c4ccccc4)cc3)c3ccc(-c4cccc5c4oc4ccccc45)cc3)c1C(C)(C)C)-c1ccccc1C2(c1ccccc1)c1ccccc1. The highest BCUT2D eigenvalue weighted by Crippen LogP contribution is 2.62. The minimum absolute atomic E-state index is 0.196. The van der Waals surface area contributed by atoms with E-state index in [-0.39, 0.29) is 10.8 Å². The van der Waals surface area contributed by atoms with E-state index in [1.165, 1.54) is 61.3 Å². The Morgan fingerprint density at radius 3 is 1.54 bits per heavy atom. The summed E-state index contributed by atoms with van der Waals surface area (Å²) in [5, 5.41) is 2.27. The molecule has 0 saturated carbocycles. The van der Waals surface area contributed by atoms with Crippen LogP contribution in [0.15, 0.2) is 217 Å². The van der Waals surface area contributed by atoms with Crippen molar-refractivity contribution >= 4 is 39.0 Å². The Hall–Kier alpha value is -7.42. The summed E-state index contributed by atoms with van der Waals surface area (Å²) in [5.74, 6) is 0. The predicted octanol–water partition coefficient (Wildman–Crippen LogP) is 17.3. The van der Waals surface area contributed by atoms with Gasteiger partial charge in [-0.25, -0.2) is 0 Å². The molecule has 0 unspecified atom stereocenters. The molecule has 9 aromatic carbocycles. The fraction of sp³-hybridized carbons (Fsp3) is 0.143. The summed E-state index contributed by atoms with van der Waals surface area (Å²) in [6.45, 7) is 14.3. The molecule has 1 aliphatic rings. The molecule has 0 fully saturated rings. The third-order valence-electron chi connectivity index (χ3n) is 13.6. The predicted molar refractivity (Wildman–Crippen MR) is 274 cm³/mol. The van der Waals surface area contributed by atoms with E-state index in [1.54, 1.807) is 0 Å². The van der Waals surface area contributed by atoms with E-state index in [0.29, 0.717) is 0 Å². The highest BCUT2D eigenvalue weighted by atomic mass is 16.3. The zero-order chi connectivity index (χ0) is 44.5. The lowest BCUT2D eigenvalue weighted by Crippen LogP contribution is -2.31. The summed E-state index contributed by atoms with van der Waals surface area (Å²) in [4.78, 5) is 2.57. The molecule has 1 aliphatic carbocycles. The van der Waals surface area contributed by atoms with Crippen molar-refractivity contribution in [2.45, 2.75) is 57.8 Å². The maximum atomic E-state index is 6.57. The van der Waals surface area contributed by atoms with Gasteiger partial charge in [0.05, 0.1) is 11.1 Å². The number of para-hydroxylation sites is 2. The topological polar surface area (TPSA) is 16.4 Å². The molecule has 316 valence electrons. The molecule has 0 spiro atoms. The van der Waals surface area contributed by atoms with Crippen LogP contribution in [0.2, 0.25) is 0 Å². The number of hydrogen-bond acceptors (Lipinski definition) is 2. The molecule has 0 aliphatic heterocycles. The molecular weight excluding hydrogens is 787 g/mol. The summed E-state index contributed by atoms with van der Waals surface area (Å²) in [6, 6.07) is 78.0. The Balaban J connectivity index is 1.24. The van der Waals surface area contributed by atoms with Crippen LogP contribution >= 0.6 is 0 Å². The van der Waals surface area contributed by atoms with E-state index in [9.17, 15) is 0 Å². The van der Waals surface area contributed by atoms with E-state index in [4.69, 9.17) is 4.42 Å². The van der Waals surface area contributed by atoms with E-state index in [2.05, 4.69) is 253 Å². The second-order valence-corrected chi connectivity index (χ2v) is 19.7. The van der Waals surface area contributed by atoms with Gasteiger partial charge in [-0.1, -0.05) is 224 Å². The summed E-state index contributed by atoms with van der Waals surface area (Å²) >= 11 is 0. The quantitative estimate of drug-likeness (QED) is 0.159. The van der Waals surface area contributed by atoms with Crippen LogP contribution in [0.25, 0.3) is 55.3 Å². The molecule has 1 heterocycles. The molecule has 0 radical (unpaired) electrons. The molecule has 2 nitrogen and oxygen atoms in total. The van der Waals surface area contributed by atoms with Gasteiger partial charge < -0.3 is 9.32 Å². The molecule has 11 rings (SSSR count). The first kappa shape index (κ1) is 40.4. The summed E-state index contributed by atoms with van der Waals surface area (Å²) in [7, 11) is 0. The zero-order valence-corrected chi connectivity index (χ0v) is 38.1. The number of anilines is 3. The maximum absolute atomic E-state index is 6.57. The minimum atomic E-state index is -0.572. The zero-order valence-electron chi connectivity index (χ0n) is 38.1. The largest absolute Gasteiger partial charge is 0.455 e. The lowest BCUT2D eigenvalue weighted by Gasteiger charge is -2.40. The van der Waals surface area contributed by atoms with Gasteiger partial charge in [-0.05, 0) is 96.8 Å². The lowest BCUT2D eigenvalue weighted by atomic mass is 9.65. The van der Waals surface area contributed by atoms with Crippen molar-refractivity contribution in [3.8, 4) is 33.4 Å². The molecule has 2 heteroatoms. The number of hydrogen-bond donors (Lipinski definition) is 0. The van der Waals surface area contributed by atoms with Crippen molar-refractivity contribution in [2.75, 3.05) is 4.90 Å². The Labute approximate surface area is 383 Å². The number of nitrogens with zero attached hydrogens (tertiary/aromatic N) is 1. The van der Waals surface area contributed by atoms with Crippen LogP contribution in [-0.4, -0.2) is 0 Å². The van der Waals surface area contributed by atoms with Gasteiger partial charge >= 0.3 is 0 Å². The van der Waals surface area contributed by atoms with Gasteiger partial charge in [-0.3, -0.25) is 0 Å². The average Bonchev–Trinajstić information content (AvgIpc) is 3.86. The normalized spacial score (nSPS) is 13.2. The Bertz CT molecular complexity index is 3310. The Kier molecular flexibility index (Phi) is 9.55. The van der Waals surface area contributed by atoms with Crippen LogP contribution in [-0.2, 0) is 16.2 Å². The van der Waals surface area contributed by atoms with E-state index >= 15 is 0 Å². The van der Waals surface area contributed by atoms with E-state index < -0.39 is 5.41 Å². The number of rotatable bonds is 7. The molecule has 10 aromatic rings. The number of furan rings is 1. The molecule has 0 saturated heterocycles. The first-order valence-electron chi connectivity index (χ1n) is 22.9. The third-order valence-corrected chi connectivity index (χ3v) is 13.6. The van der Waals surface area contributed by atoms with Gasteiger partial charge in [-0.2, -0.15) is 0 Å². The van der Waals surface area contributed by atoms with Gasteiger partial charge in [-0.15, -0.1) is 0 Å². The second kappa shape index (κ2) is 15.4. The monoisotopic (exact) mass is 839 g/mol. The number of benzene rings is 9. The van der Waals surface area contributed by atoms with E-state index in [0.717, 1.165) is 44.4 Å². The number of fused-ring (bicyclic) bond motifs is 6. The molecular formula is C63H53NO. The molecule has 0 atom stereocenters. The molecule has 0 N–H and O–H groups in total. The van der Waals surface area contributed by atoms with Crippen LogP contribution < -0.4 is 4.90 Å². The third kappa shape index (κ3) is 6.54. The van der Waals surface area contributed by atoms with Crippen LogP contribution in [0.3, 0.4) is 0 Å². The van der Waals surface area contributed by atoms with Crippen LogP contribution in [0.4, 0.5) is 17.1 Å². The fourth-order valence-electron chi connectivity index (χ4n) is 10.8. The average molecular weight is 840 g/mol. The van der Waals surface area contributed by atoms with Crippen molar-refractivity contribution in [3.63, 3.8) is 0 Å². The standard InChI is InChI=1S/C63H53NO/c1-61(2,3)55-41-54-57(52-28-16-18-31-53(52)63(54,45-23-12-8-13-24-45)46-25-14-9-15-26-46)59(58(55)62(4,5)6)64(47-37-33-43(34-38-47)42-21-10-7-11-22-42)48-39-35-44(36-40-48)49-29-20-30-51-50-27-17-19-32-56(50)65-60(49)51/h7-41H,1-6H3. The smallest absolute Gasteiger partial charge is 0.143 e. The summed E-state index contributed by atoms with van der Waals surface area (Å²) in [5.41, 5.74) is 19.1. The van der Waals surface area contributed by atoms with Gasteiger partial charge in [0, 0.05) is 33.3 Å². The first-order chi connectivity index (χ1) is 31.5. The fourth-order valence-corrected chi connectivity index (χ4v) is 10.8. The van der Waals surface area contributed by atoms with Crippen LogP contribution in [0.1, 0.15) is 74.9 Å². The van der Waals surface area contributed by atoms with Gasteiger partial charge in [0.15, 0.2) is 0 Å². The molecule has 0 bridgehead atoms. The van der Waals surface area contributed by atoms with Crippen molar-refractivity contribution in [2.24, 2.45) is 0 Å². The summed E-state index contributed by atoms with van der Waals surface area (Å²) < 4.78 is 6.57. The van der Waals surface area contributed by atoms with E-state index in [1.807, 2.05) is 6.07 Å². The summed E-state index contributed by atoms with van der Waals surface area (Å²) in [6.07, 6.45) is 0. The van der Waals surface area contributed by atoms with Crippen LogP contribution in [0.5, 0.6) is 0 Å². The minimum Gasteiger partial charge on any atom is -0.455 e. The first-order valence-corrected chi connectivity index (χ1v) is 22.9. The van der Waals surface area contributed by atoms with Gasteiger partial charge in [0.25, 0.3) is 0 Å². The maximum Gasteiger partial charge on any atom is 0.143 e. The Morgan fingerprint density at radius 2 is 0.923 bits per heavy atom. The van der Waals surface area contributed by atoms with Crippen LogP contribution in [0, 0.1) is 0 Å². The van der Waals surface area contributed by atoms with Gasteiger partial charge in [0.2, 0.25) is 0 Å². The van der Waals surface area contributed by atoms with Gasteiger partial charge in [0.1, 0.15) is 11.2 Å². The van der Waals surface area contributed by atoms with Crippen molar-refractivity contribution in [1.29, 1.82) is 0 Å². The van der Waals surface area contributed by atoms with Crippen molar-refractivity contribution < 1.29 is 4.42 Å². The Morgan fingerprint density at radius 1 is 0.415 bits per heavy atom. The molecule has 65 heavy (non-hydrogen) atoms. The highest BCUT2D eigenvalue weighted by Gasteiger charge is 2.49. The lowest BCUT2D eigenvalue weighted by molar-refractivity contribution is 0.529.